The molecule has 5 saturated heterocycles. The minimum Gasteiger partial charge on any atom is -0.371 e. The fourth-order valence-corrected chi connectivity index (χ4v) is 10.5. The number of imide groups is 2. The second-order valence-electron chi connectivity index (χ2n) is 17.2. The van der Waals surface area contributed by atoms with Gasteiger partial charge in [-0.15, -0.1) is 0 Å². The summed E-state index contributed by atoms with van der Waals surface area (Å²) in [6.07, 6.45) is 3.45. The molecule has 5 fully saturated rings. The first-order chi connectivity index (χ1) is 28.9. The monoisotopic (exact) mass is 827 g/mol. The molecule has 9 rings (SSSR count). The number of piperazine rings is 1. The maximum Gasteiger partial charge on any atom is 0.279 e. The number of nitrogens with zero attached hydrogens (tertiary/aromatic N) is 8. The number of piperidine rings is 2. The van der Waals surface area contributed by atoms with Gasteiger partial charge in [-0.1, -0.05) is 17.7 Å². The second-order valence-corrected chi connectivity index (χ2v) is 17.6. The number of hydrogen-bond donors (Lipinski definition) is 1. The van der Waals surface area contributed by atoms with Crippen molar-refractivity contribution >= 4 is 63.9 Å². The van der Waals surface area contributed by atoms with Crippen LogP contribution in [0.2, 0.25) is 5.02 Å². The number of amides is 5. The number of fused-ring (bicyclic) bond motifs is 1. The molecule has 2 atom stereocenters. The van der Waals surface area contributed by atoms with E-state index in [4.69, 9.17) is 24.7 Å². The van der Waals surface area contributed by atoms with Crippen LogP contribution in [0.5, 0.6) is 0 Å². The average molecular weight is 828 g/mol. The van der Waals surface area contributed by atoms with Gasteiger partial charge in [0.1, 0.15) is 6.04 Å². The van der Waals surface area contributed by atoms with Gasteiger partial charge < -0.3 is 24.4 Å². The van der Waals surface area contributed by atoms with E-state index in [1.807, 2.05) is 40.1 Å². The van der Waals surface area contributed by atoms with E-state index in [1.54, 1.807) is 18.2 Å². The van der Waals surface area contributed by atoms with Crippen molar-refractivity contribution in [1.29, 1.82) is 0 Å². The fraction of sp³-hybridized carbons (Fsp3) is 0.444. The van der Waals surface area contributed by atoms with Crippen LogP contribution in [-0.2, 0) is 9.59 Å². The maximum atomic E-state index is 13.6. The number of carbonyl (C=O) groups is 5. The second kappa shape index (κ2) is 15.3. The third kappa shape index (κ3) is 6.82. The van der Waals surface area contributed by atoms with E-state index < -0.39 is 35.2 Å². The van der Waals surface area contributed by atoms with E-state index in [9.17, 15) is 24.0 Å². The molecule has 6 aliphatic heterocycles. The minimum atomic E-state index is -1.02. The molecule has 0 radical (unpaired) electrons. The van der Waals surface area contributed by atoms with Crippen molar-refractivity contribution in [2.45, 2.75) is 56.7 Å². The number of anilines is 3. The van der Waals surface area contributed by atoms with Gasteiger partial charge in [0.2, 0.25) is 17.5 Å². The van der Waals surface area contributed by atoms with Gasteiger partial charge in [-0.25, -0.2) is 11.4 Å². The number of hydrogen-bond acceptors (Lipinski definition) is 9. The number of halogens is 1. The summed E-state index contributed by atoms with van der Waals surface area (Å²) in [5.41, 5.74) is 4.13. The lowest BCUT2D eigenvalue weighted by molar-refractivity contribution is -0.136. The molecule has 3 aromatic rings. The highest BCUT2D eigenvalue weighted by atomic mass is 35.5. The van der Waals surface area contributed by atoms with Crippen molar-refractivity contribution in [1.82, 2.24) is 20.0 Å². The molecule has 15 heteroatoms. The summed E-state index contributed by atoms with van der Waals surface area (Å²) >= 11 is 6.38. The summed E-state index contributed by atoms with van der Waals surface area (Å²) < 4.78 is 0. The quantitative estimate of drug-likeness (QED) is 0.256. The van der Waals surface area contributed by atoms with Gasteiger partial charge in [-0.3, -0.25) is 39.1 Å². The van der Waals surface area contributed by atoms with Gasteiger partial charge in [0, 0.05) is 85.9 Å². The molecule has 5 amide bonds. The summed E-state index contributed by atoms with van der Waals surface area (Å²) in [5, 5.41) is 2.72. The predicted molar refractivity (Wildman–Crippen MR) is 226 cm³/mol. The Labute approximate surface area is 354 Å². The zero-order chi connectivity index (χ0) is 41.9. The Balaban J connectivity index is 0.748. The number of nitrogens with one attached hydrogen (secondary N) is 1. The largest absolute Gasteiger partial charge is 0.371 e. The molecule has 0 aromatic heterocycles. The summed E-state index contributed by atoms with van der Waals surface area (Å²) in [7, 11) is 0. The number of carbonyl (C=O) groups excluding carboxylic acids is 5. The maximum absolute atomic E-state index is 13.6. The number of rotatable bonds is 7. The van der Waals surface area contributed by atoms with Crippen molar-refractivity contribution in [2.24, 2.45) is 5.41 Å². The fourth-order valence-electron chi connectivity index (χ4n) is 10.3. The van der Waals surface area contributed by atoms with Crippen LogP contribution in [0.3, 0.4) is 0 Å². The molecule has 2 unspecified atom stereocenters. The van der Waals surface area contributed by atoms with Crippen LogP contribution in [0.25, 0.3) is 9.69 Å². The van der Waals surface area contributed by atoms with Gasteiger partial charge >= 0.3 is 0 Å². The summed E-state index contributed by atoms with van der Waals surface area (Å²) in [6, 6.07) is 18.1. The van der Waals surface area contributed by atoms with Crippen LogP contribution >= 0.6 is 11.6 Å². The molecular weight excluding hydrogens is 782 g/mol. The first kappa shape index (κ1) is 39.5. The Morgan fingerprint density at radius 3 is 2.13 bits per heavy atom. The molecular formula is C45H46ClN9O5. The van der Waals surface area contributed by atoms with Crippen molar-refractivity contribution in [2.75, 3.05) is 80.1 Å². The van der Waals surface area contributed by atoms with Crippen LogP contribution in [0, 0.1) is 18.6 Å². The molecule has 6 heterocycles. The van der Waals surface area contributed by atoms with Crippen LogP contribution in [0.1, 0.15) is 70.1 Å². The van der Waals surface area contributed by atoms with Crippen molar-refractivity contribution in [3.8, 4) is 0 Å². The molecule has 0 saturated carbocycles. The zero-order valence-electron chi connectivity index (χ0n) is 33.5. The lowest BCUT2D eigenvalue weighted by Crippen LogP contribution is -2.66. The molecule has 14 nitrogen and oxygen atoms in total. The summed E-state index contributed by atoms with van der Waals surface area (Å²) in [5.74, 6) is -2.15. The molecule has 60 heavy (non-hydrogen) atoms. The van der Waals surface area contributed by atoms with Crippen LogP contribution in [-0.4, -0.2) is 127 Å². The highest BCUT2D eigenvalue weighted by Crippen LogP contribution is 2.48. The van der Waals surface area contributed by atoms with Gasteiger partial charge in [0.15, 0.2) is 0 Å². The first-order valence-corrected chi connectivity index (χ1v) is 21.1. The third-order valence-electron chi connectivity index (χ3n) is 14.0. The van der Waals surface area contributed by atoms with E-state index in [1.165, 1.54) is 0 Å². The van der Waals surface area contributed by atoms with E-state index in [-0.39, 0.29) is 35.3 Å². The normalized spacial score (nSPS) is 23.6. The smallest absolute Gasteiger partial charge is 0.279 e. The minimum absolute atomic E-state index is 0.0127. The Morgan fingerprint density at radius 1 is 0.800 bits per heavy atom. The Kier molecular flexibility index (Phi) is 10.0. The number of benzene rings is 3. The molecule has 3 aromatic carbocycles. The van der Waals surface area contributed by atoms with Gasteiger partial charge in [0.25, 0.3) is 23.3 Å². The predicted octanol–water partition coefficient (Wildman–Crippen LogP) is 5.11. The molecule has 6 aliphatic rings. The van der Waals surface area contributed by atoms with Crippen LogP contribution < -0.4 is 20.0 Å². The highest BCUT2D eigenvalue weighted by molar-refractivity contribution is 6.33. The summed E-state index contributed by atoms with van der Waals surface area (Å²) in [6.45, 7) is 24.5. The van der Waals surface area contributed by atoms with E-state index in [0.29, 0.717) is 68.1 Å². The highest BCUT2D eigenvalue weighted by Gasteiger charge is 2.52. The van der Waals surface area contributed by atoms with E-state index in [2.05, 4.69) is 48.8 Å². The molecule has 0 aliphatic carbocycles. The van der Waals surface area contributed by atoms with Gasteiger partial charge in [0.05, 0.1) is 37.3 Å². The lowest BCUT2D eigenvalue weighted by Gasteiger charge is -2.46. The van der Waals surface area contributed by atoms with Crippen LogP contribution in [0.4, 0.5) is 22.7 Å². The van der Waals surface area contributed by atoms with Gasteiger partial charge in [-0.2, -0.15) is 0 Å². The summed E-state index contributed by atoms with van der Waals surface area (Å²) in [4.78, 5) is 83.7. The third-order valence-corrected chi connectivity index (χ3v) is 14.3. The first-order valence-electron chi connectivity index (χ1n) is 20.7. The van der Waals surface area contributed by atoms with Crippen molar-refractivity contribution < 1.29 is 24.0 Å². The molecule has 0 bridgehead atoms. The Morgan fingerprint density at radius 2 is 1.47 bits per heavy atom. The van der Waals surface area contributed by atoms with E-state index >= 15 is 0 Å². The topological polar surface area (TPSA) is 126 Å². The van der Waals surface area contributed by atoms with Crippen LogP contribution in [0.15, 0.2) is 60.7 Å². The van der Waals surface area contributed by atoms with E-state index in [0.717, 1.165) is 60.9 Å². The van der Waals surface area contributed by atoms with Gasteiger partial charge in [-0.05, 0) is 92.6 Å². The Hall–Kier alpha value is -5.96. The lowest BCUT2D eigenvalue weighted by atomic mass is 9.73. The molecule has 308 valence electrons. The molecule has 1 N–H and O–H groups in total. The standard InChI is InChI=1S/C45H46ClN9O5/c1-29-44(16-19-54(29)33-9-11-37(47-2)36(46)25-33)14-17-51(18-15-44)31-6-4-30(5-7-31)41(58)52-22-20-50(21-23-52)26-45(48-3)27-53(28-45)32-8-10-34-35(24-32)43(60)55(42(34)59)38-12-13-39(56)49-40(38)57/h4-11,24-25,29,38H,12-23,26-28H2,1H3,(H,49,56,57). The Bertz CT molecular complexity index is 2370. The zero-order valence-corrected chi connectivity index (χ0v) is 34.3. The average Bonchev–Trinajstić information content (AvgIpc) is 3.69. The molecule has 1 spiro atoms. The van der Waals surface area contributed by atoms with Crippen molar-refractivity contribution in [3.05, 3.63) is 105 Å². The van der Waals surface area contributed by atoms with Crippen molar-refractivity contribution in [3.63, 3.8) is 0 Å². The SMILES string of the molecule is [C-]#[N+]c1ccc(N2CCC3(CCN(c4ccc(C(=O)N5CCN(CC6([N+]#[C-])CN(c7ccc8c(c7)C(=O)N(C7CCC(=O)NC7=O)C8=O)C6)CC5)cc4)CC3)C2C)cc1Cl.